The lowest BCUT2D eigenvalue weighted by molar-refractivity contribution is 0.179. The zero-order valence-corrected chi connectivity index (χ0v) is 12.3. The van der Waals surface area contributed by atoms with Gasteiger partial charge < -0.3 is 19.9 Å². The van der Waals surface area contributed by atoms with Gasteiger partial charge in [-0.3, -0.25) is 0 Å². The van der Waals surface area contributed by atoms with Crippen molar-refractivity contribution in [2.45, 2.75) is 6.42 Å². The Hall–Kier alpha value is -1.34. The Bertz CT molecular complexity index is 426. The Morgan fingerprint density at radius 3 is 2.95 bits per heavy atom. The molecule has 110 valence electrons. The molecule has 1 atom stereocenters. The highest BCUT2D eigenvalue weighted by Gasteiger charge is 2.23. The summed E-state index contributed by atoms with van der Waals surface area (Å²) in [4.78, 5) is 20.5. The third-order valence-electron chi connectivity index (χ3n) is 3.82. The number of carbonyl (C=O) groups is 1. The van der Waals surface area contributed by atoms with Gasteiger partial charge in [0.05, 0.1) is 6.61 Å². The predicted octanol–water partition coefficient (Wildman–Crippen LogP) is 1.01. The molecule has 0 aliphatic carbocycles. The lowest BCUT2D eigenvalue weighted by atomic mass is 10.1. The fraction of sp³-hybridized carbons (Fsp3) is 0.692. The van der Waals surface area contributed by atoms with Crippen molar-refractivity contribution in [2.75, 3.05) is 50.8 Å². The second-order valence-electron chi connectivity index (χ2n) is 5.20. The van der Waals surface area contributed by atoms with Gasteiger partial charge in [0.1, 0.15) is 0 Å². The summed E-state index contributed by atoms with van der Waals surface area (Å²) in [7, 11) is 0. The van der Waals surface area contributed by atoms with Crippen LogP contribution in [0.25, 0.3) is 0 Å². The van der Waals surface area contributed by atoms with Gasteiger partial charge in [-0.1, -0.05) is 0 Å². The molecule has 2 amide bonds. The van der Waals surface area contributed by atoms with Crippen LogP contribution in [0.1, 0.15) is 6.42 Å². The smallest absolute Gasteiger partial charge is 0.317 e. The third kappa shape index (κ3) is 3.21. The molecule has 1 N–H and O–H groups in total. The molecule has 0 spiro atoms. The summed E-state index contributed by atoms with van der Waals surface area (Å²) in [6.07, 6.45) is 2.88. The van der Waals surface area contributed by atoms with E-state index in [0.717, 1.165) is 57.5 Å². The SMILES string of the molecule is O=C(NCC1CCOC1)N1CCN(c2nccs2)CC1. The molecule has 1 unspecified atom stereocenters. The van der Waals surface area contributed by atoms with Crippen LogP contribution in [0.5, 0.6) is 0 Å². The highest BCUT2D eigenvalue weighted by molar-refractivity contribution is 7.13. The fourth-order valence-electron chi connectivity index (χ4n) is 2.56. The topological polar surface area (TPSA) is 57.7 Å². The summed E-state index contributed by atoms with van der Waals surface area (Å²) >= 11 is 1.65. The number of hydrogen-bond acceptors (Lipinski definition) is 5. The molecule has 0 saturated carbocycles. The normalized spacial score (nSPS) is 23.1. The Balaban J connectivity index is 1.42. The number of rotatable bonds is 3. The lowest BCUT2D eigenvalue weighted by Gasteiger charge is -2.34. The fourth-order valence-corrected chi connectivity index (χ4v) is 3.26. The number of aromatic nitrogens is 1. The Morgan fingerprint density at radius 1 is 1.45 bits per heavy atom. The van der Waals surface area contributed by atoms with Crippen LogP contribution in [0.15, 0.2) is 11.6 Å². The van der Waals surface area contributed by atoms with Crippen molar-refractivity contribution in [1.29, 1.82) is 0 Å². The van der Waals surface area contributed by atoms with Crippen LogP contribution in [0.4, 0.5) is 9.93 Å². The zero-order chi connectivity index (χ0) is 13.8. The summed E-state index contributed by atoms with van der Waals surface area (Å²) in [6.45, 7) is 5.55. The average Bonchev–Trinajstić information content (AvgIpc) is 3.18. The van der Waals surface area contributed by atoms with Crippen molar-refractivity contribution in [3.8, 4) is 0 Å². The van der Waals surface area contributed by atoms with E-state index in [0.29, 0.717) is 5.92 Å². The highest BCUT2D eigenvalue weighted by atomic mass is 32.1. The minimum Gasteiger partial charge on any atom is -0.381 e. The minimum atomic E-state index is 0.0516. The van der Waals surface area contributed by atoms with Gasteiger partial charge in [-0.25, -0.2) is 9.78 Å². The maximum absolute atomic E-state index is 12.1. The number of ether oxygens (including phenoxy) is 1. The van der Waals surface area contributed by atoms with E-state index in [1.807, 2.05) is 16.5 Å². The van der Waals surface area contributed by atoms with Gasteiger partial charge in [0.15, 0.2) is 5.13 Å². The summed E-state index contributed by atoms with van der Waals surface area (Å²) in [5, 5.41) is 6.05. The number of hydrogen-bond donors (Lipinski definition) is 1. The minimum absolute atomic E-state index is 0.0516. The molecule has 1 aromatic heterocycles. The molecular formula is C13H20N4O2S. The van der Waals surface area contributed by atoms with Crippen LogP contribution in [0.3, 0.4) is 0 Å². The summed E-state index contributed by atoms with van der Waals surface area (Å²) in [6, 6.07) is 0.0516. The number of amides is 2. The van der Waals surface area contributed by atoms with Crippen LogP contribution in [0, 0.1) is 5.92 Å². The molecule has 2 saturated heterocycles. The van der Waals surface area contributed by atoms with Crippen LogP contribution < -0.4 is 10.2 Å². The number of nitrogens with zero attached hydrogens (tertiary/aromatic N) is 3. The molecule has 2 aliphatic rings. The van der Waals surface area contributed by atoms with Crippen LogP contribution in [-0.2, 0) is 4.74 Å². The molecule has 6 nitrogen and oxygen atoms in total. The van der Waals surface area contributed by atoms with E-state index in [1.165, 1.54) is 0 Å². The van der Waals surface area contributed by atoms with E-state index in [9.17, 15) is 4.79 Å². The standard InChI is InChI=1S/C13H20N4O2S/c18-12(15-9-11-1-7-19-10-11)16-3-5-17(6-4-16)13-14-2-8-20-13/h2,8,11H,1,3-7,9-10H2,(H,15,18). The van der Waals surface area contributed by atoms with Gasteiger partial charge in [0, 0.05) is 56.8 Å². The lowest BCUT2D eigenvalue weighted by Crippen LogP contribution is -2.52. The van der Waals surface area contributed by atoms with Crippen molar-refractivity contribution >= 4 is 22.5 Å². The largest absolute Gasteiger partial charge is 0.381 e. The highest BCUT2D eigenvalue weighted by Crippen LogP contribution is 2.19. The molecule has 3 heterocycles. The number of carbonyl (C=O) groups excluding carboxylic acids is 1. The van der Waals surface area contributed by atoms with E-state index >= 15 is 0 Å². The van der Waals surface area contributed by atoms with Crippen LogP contribution >= 0.6 is 11.3 Å². The van der Waals surface area contributed by atoms with E-state index in [1.54, 1.807) is 11.3 Å². The van der Waals surface area contributed by atoms with Crippen molar-refractivity contribution in [2.24, 2.45) is 5.92 Å². The van der Waals surface area contributed by atoms with E-state index < -0.39 is 0 Å². The van der Waals surface area contributed by atoms with Gasteiger partial charge in [0.25, 0.3) is 0 Å². The molecule has 7 heteroatoms. The van der Waals surface area contributed by atoms with E-state index in [-0.39, 0.29) is 6.03 Å². The number of anilines is 1. The number of nitrogens with one attached hydrogen (secondary N) is 1. The Labute approximate surface area is 122 Å². The molecule has 20 heavy (non-hydrogen) atoms. The monoisotopic (exact) mass is 296 g/mol. The molecule has 2 fully saturated rings. The second-order valence-corrected chi connectivity index (χ2v) is 6.08. The van der Waals surface area contributed by atoms with Gasteiger partial charge >= 0.3 is 6.03 Å². The van der Waals surface area contributed by atoms with Crippen molar-refractivity contribution in [1.82, 2.24) is 15.2 Å². The summed E-state index contributed by atoms with van der Waals surface area (Å²) < 4.78 is 5.31. The van der Waals surface area contributed by atoms with Crippen molar-refractivity contribution < 1.29 is 9.53 Å². The zero-order valence-electron chi connectivity index (χ0n) is 11.5. The van der Waals surface area contributed by atoms with E-state index in [4.69, 9.17) is 4.74 Å². The maximum Gasteiger partial charge on any atom is 0.317 e. The first-order valence-electron chi connectivity index (χ1n) is 7.08. The molecule has 0 radical (unpaired) electrons. The third-order valence-corrected chi connectivity index (χ3v) is 4.65. The van der Waals surface area contributed by atoms with Gasteiger partial charge in [-0.05, 0) is 6.42 Å². The Morgan fingerprint density at radius 2 is 2.30 bits per heavy atom. The molecule has 2 aliphatic heterocycles. The predicted molar refractivity (Wildman–Crippen MR) is 78.2 cm³/mol. The van der Waals surface area contributed by atoms with E-state index in [2.05, 4.69) is 15.2 Å². The summed E-state index contributed by atoms with van der Waals surface area (Å²) in [5.41, 5.74) is 0. The molecular weight excluding hydrogens is 276 g/mol. The van der Waals surface area contributed by atoms with Crippen LogP contribution in [0.2, 0.25) is 0 Å². The van der Waals surface area contributed by atoms with Crippen LogP contribution in [-0.4, -0.2) is 61.9 Å². The molecule has 1 aromatic rings. The molecule has 3 rings (SSSR count). The summed E-state index contributed by atoms with van der Waals surface area (Å²) in [5.74, 6) is 0.482. The Kier molecular flexibility index (Phi) is 4.37. The van der Waals surface area contributed by atoms with Gasteiger partial charge in [0.2, 0.25) is 0 Å². The average molecular weight is 296 g/mol. The number of thiazole rings is 1. The van der Waals surface area contributed by atoms with Gasteiger partial charge in [-0.2, -0.15) is 0 Å². The molecule has 0 aromatic carbocycles. The first-order chi connectivity index (χ1) is 9.83. The molecule has 0 bridgehead atoms. The first kappa shape index (κ1) is 13.6. The number of piperazine rings is 1. The van der Waals surface area contributed by atoms with Gasteiger partial charge in [-0.15, -0.1) is 11.3 Å². The second kappa shape index (κ2) is 6.41. The quantitative estimate of drug-likeness (QED) is 0.904. The van der Waals surface area contributed by atoms with Crippen molar-refractivity contribution in [3.63, 3.8) is 0 Å². The first-order valence-corrected chi connectivity index (χ1v) is 7.96. The van der Waals surface area contributed by atoms with Crippen molar-refractivity contribution in [3.05, 3.63) is 11.6 Å². The maximum atomic E-state index is 12.1. The number of urea groups is 1.